The Morgan fingerprint density at radius 2 is 1.54 bits per heavy atom. The van der Waals surface area contributed by atoms with Gasteiger partial charge in [0.1, 0.15) is 6.10 Å². The van der Waals surface area contributed by atoms with Crippen LogP contribution in [0.5, 0.6) is 0 Å². The molecule has 2 amide bonds. The summed E-state index contributed by atoms with van der Waals surface area (Å²) >= 11 is 0. The van der Waals surface area contributed by atoms with Gasteiger partial charge in [-0.25, -0.2) is 13.2 Å². The van der Waals surface area contributed by atoms with Crippen molar-refractivity contribution in [3.05, 3.63) is 0 Å². The van der Waals surface area contributed by atoms with Gasteiger partial charge in [-0.15, -0.1) is 0 Å². The number of hydrogen-bond donors (Lipinski definition) is 0. The zero-order chi connectivity index (χ0) is 25.2. The first-order chi connectivity index (χ1) is 16.7. The molecule has 4 atom stereocenters. The Hall–Kier alpha value is -1.31. The van der Waals surface area contributed by atoms with E-state index in [2.05, 4.69) is 0 Å². The van der Waals surface area contributed by atoms with Gasteiger partial charge in [-0.05, 0) is 95.8 Å². The maximum absolute atomic E-state index is 13.4. The van der Waals surface area contributed by atoms with Crippen LogP contribution in [0.25, 0.3) is 0 Å². The zero-order valence-electron chi connectivity index (χ0n) is 22.0. The highest BCUT2D eigenvalue weighted by molar-refractivity contribution is 7.92. The molecule has 4 aliphatic rings. The van der Waals surface area contributed by atoms with E-state index in [0.717, 1.165) is 70.6 Å². The number of hydrogen-bond acceptors (Lipinski definition) is 5. The van der Waals surface area contributed by atoms with Crippen LogP contribution in [0.2, 0.25) is 0 Å². The van der Waals surface area contributed by atoms with Crippen LogP contribution in [0, 0.1) is 11.8 Å². The second-order valence-corrected chi connectivity index (χ2v) is 14.1. The molecular weight excluding hydrogens is 464 g/mol. The van der Waals surface area contributed by atoms with Crippen LogP contribution in [0.15, 0.2) is 0 Å². The molecule has 1 aliphatic heterocycles. The van der Waals surface area contributed by atoms with Crippen molar-refractivity contribution in [3.8, 4) is 0 Å². The topological polar surface area (TPSA) is 84.0 Å². The molecule has 1 saturated heterocycles. The lowest BCUT2D eigenvalue weighted by atomic mass is 9.69. The van der Waals surface area contributed by atoms with Crippen molar-refractivity contribution in [1.29, 1.82) is 0 Å². The molecule has 4 fully saturated rings. The molecule has 8 heteroatoms. The average Bonchev–Trinajstić information content (AvgIpc) is 2.83. The van der Waals surface area contributed by atoms with E-state index in [1.807, 2.05) is 23.6 Å². The van der Waals surface area contributed by atoms with Crippen LogP contribution in [0.3, 0.4) is 0 Å². The number of piperazine rings is 1. The van der Waals surface area contributed by atoms with Crippen molar-refractivity contribution in [2.24, 2.45) is 11.8 Å². The summed E-state index contributed by atoms with van der Waals surface area (Å²) in [5, 5.41) is -0.180. The quantitative estimate of drug-likeness (QED) is 0.524. The number of carbonyl (C=O) groups is 2. The number of ether oxygens (including phenoxy) is 1. The molecule has 0 radical (unpaired) electrons. The summed E-state index contributed by atoms with van der Waals surface area (Å²) in [7, 11) is -2.98. The van der Waals surface area contributed by atoms with Gasteiger partial charge in [0.05, 0.1) is 23.1 Å². The summed E-state index contributed by atoms with van der Waals surface area (Å²) in [4.78, 5) is 29.9. The van der Waals surface area contributed by atoms with Gasteiger partial charge in [0.25, 0.3) is 0 Å². The summed E-state index contributed by atoms with van der Waals surface area (Å²) in [6.07, 6.45) is 12.2. The molecule has 3 aliphatic carbocycles. The molecule has 7 nitrogen and oxygen atoms in total. The predicted molar refractivity (Wildman–Crippen MR) is 137 cm³/mol. The average molecular weight is 511 g/mol. The van der Waals surface area contributed by atoms with E-state index >= 15 is 0 Å². The van der Waals surface area contributed by atoms with E-state index in [4.69, 9.17) is 4.74 Å². The summed E-state index contributed by atoms with van der Waals surface area (Å²) in [5.74, 6) is 1.36. The third kappa shape index (κ3) is 5.99. The highest BCUT2D eigenvalue weighted by atomic mass is 32.2. The Morgan fingerprint density at radius 1 is 0.886 bits per heavy atom. The Kier molecular flexibility index (Phi) is 8.70. The van der Waals surface area contributed by atoms with E-state index in [-0.39, 0.29) is 41.5 Å². The Balaban J connectivity index is 1.44. The number of rotatable bonds is 5. The number of amides is 2. The third-order valence-electron chi connectivity index (χ3n) is 9.31. The number of nitrogens with zero attached hydrogens (tertiary/aromatic N) is 2. The van der Waals surface area contributed by atoms with Crippen LogP contribution in [-0.2, 0) is 19.4 Å². The molecule has 35 heavy (non-hydrogen) atoms. The SMILES string of the molecule is CCCS(=O)(=O)C1CCC(C2CCC3C(C2)N(C(=O)OC2CCCCC2)C[C@H](C)N3C(C)=O)CC1. The molecule has 0 bridgehead atoms. The van der Waals surface area contributed by atoms with Gasteiger partial charge in [-0.3, -0.25) is 4.79 Å². The van der Waals surface area contributed by atoms with Crippen molar-refractivity contribution >= 4 is 21.8 Å². The Labute approximate surface area is 212 Å². The van der Waals surface area contributed by atoms with Gasteiger partial charge >= 0.3 is 6.09 Å². The maximum atomic E-state index is 13.4. The van der Waals surface area contributed by atoms with Gasteiger partial charge in [-0.2, -0.15) is 0 Å². The van der Waals surface area contributed by atoms with Gasteiger partial charge in [0.15, 0.2) is 9.84 Å². The molecule has 0 aromatic rings. The first-order valence-corrected chi connectivity index (χ1v) is 15.9. The Bertz CT molecular complexity index is 848. The number of sulfone groups is 1. The zero-order valence-corrected chi connectivity index (χ0v) is 22.8. The number of carbonyl (C=O) groups excluding carboxylic acids is 2. The van der Waals surface area contributed by atoms with Crippen LogP contribution in [-0.4, -0.2) is 72.0 Å². The first kappa shape index (κ1) is 26.7. The lowest BCUT2D eigenvalue weighted by molar-refractivity contribution is -0.143. The van der Waals surface area contributed by atoms with Crippen molar-refractivity contribution in [3.63, 3.8) is 0 Å². The lowest BCUT2D eigenvalue weighted by Crippen LogP contribution is -2.67. The molecule has 200 valence electrons. The molecule has 0 aromatic carbocycles. The molecule has 3 saturated carbocycles. The van der Waals surface area contributed by atoms with Crippen LogP contribution < -0.4 is 0 Å². The fourth-order valence-electron chi connectivity index (χ4n) is 7.60. The minimum absolute atomic E-state index is 0.00788. The molecule has 0 N–H and O–H groups in total. The van der Waals surface area contributed by atoms with Crippen LogP contribution >= 0.6 is 0 Å². The minimum Gasteiger partial charge on any atom is -0.446 e. The predicted octanol–water partition coefficient (Wildman–Crippen LogP) is 4.93. The largest absolute Gasteiger partial charge is 0.446 e. The van der Waals surface area contributed by atoms with E-state index in [1.165, 1.54) is 6.42 Å². The van der Waals surface area contributed by atoms with E-state index in [1.54, 1.807) is 6.92 Å². The van der Waals surface area contributed by atoms with E-state index in [9.17, 15) is 18.0 Å². The smallest absolute Gasteiger partial charge is 0.410 e. The fourth-order valence-corrected chi connectivity index (χ4v) is 9.49. The van der Waals surface area contributed by atoms with E-state index < -0.39 is 9.84 Å². The second kappa shape index (κ2) is 11.4. The molecule has 0 spiro atoms. The highest BCUT2D eigenvalue weighted by Crippen LogP contribution is 2.44. The molecular formula is C27H46N2O5S. The molecule has 3 unspecified atom stereocenters. The lowest BCUT2D eigenvalue weighted by Gasteiger charge is -2.54. The summed E-state index contributed by atoms with van der Waals surface area (Å²) < 4.78 is 31.1. The molecule has 0 aromatic heterocycles. The monoisotopic (exact) mass is 510 g/mol. The molecule has 4 rings (SSSR count). The van der Waals surface area contributed by atoms with E-state index in [0.29, 0.717) is 30.6 Å². The molecule has 1 heterocycles. The maximum Gasteiger partial charge on any atom is 0.410 e. The van der Waals surface area contributed by atoms with Crippen molar-refractivity contribution in [1.82, 2.24) is 9.80 Å². The first-order valence-electron chi connectivity index (χ1n) is 14.2. The van der Waals surface area contributed by atoms with Crippen LogP contribution in [0.4, 0.5) is 4.79 Å². The van der Waals surface area contributed by atoms with Crippen LogP contribution in [0.1, 0.15) is 104 Å². The minimum atomic E-state index is -2.98. The van der Waals surface area contributed by atoms with Gasteiger partial charge in [0, 0.05) is 19.5 Å². The van der Waals surface area contributed by atoms with Crippen molar-refractivity contribution in [2.45, 2.75) is 134 Å². The van der Waals surface area contributed by atoms with Gasteiger partial charge < -0.3 is 14.5 Å². The van der Waals surface area contributed by atoms with Crippen molar-refractivity contribution < 1.29 is 22.7 Å². The summed E-state index contributed by atoms with van der Waals surface area (Å²) in [6.45, 7) is 6.15. The Morgan fingerprint density at radius 3 is 2.17 bits per heavy atom. The third-order valence-corrected chi connectivity index (χ3v) is 11.8. The fraction of sp³-hybridized carbons (Fsp3) is 0.926. The second-order valence-electron chi connectivity index (χ2n) is 11.7. The number of fused-ring (bicyclic) bond motifs is 1. The summed E-state index contributed by atoms with van der Waals surface area (Å²) in [6, 6.07) is 0.0302. The van der Waals surface area contributed by atoms with Gasteiger partial charge in [0.2, 0.25) is 5.91 Å². The summed E-state index contributed by atoms with van der Waals surface area (Å²) in [5.41, 5.74) is 0. The highest BCUT2D eigenvalue weighted by Gasteiger charge is 2.48. The van der Waals surface area contributed by atoms with Gasteiger partial charge in [-0.1, -0.05) is 13.3 Å². The van der Waals surface area contributed by atoms with Crippen molar-refractivity contribution in [2.75, 3.05) is 12.3 Å². The normalized spacial score (nSPS) is 34.8. The standard InChI is InChI=1S/C27H46N2O5S/c1-4-16-35(32,33)24-13-10-21(11-14-24)22-12-15-25-26(17-22)28(18-19(2)29(25)20(3)30)27(31)34-23-8-6-5-7-9-23/h19,21-26H,4-18H2,1-3H3/t19-,21?,22?,24?,25?,26?/m0/s1.